The predicted molar refractivity (Wildman–Crippen MR) is 92.5 cm³/mol. The molecule has 0 saturated heterocycles. The number of benzene rings is 1. The van der Waals surface area contributed by atoms with Gasteiger partial charge >= 0.3 is 6.18 Å². The maximum absolute atomic E-state index is 12.6. The van der Waals surface area contributed by atoms with Gasteiger partial charge in [-0.25, -0.2) is 0 Å². The van der Waals surface area contributed by atoms with E-state index in [4.69, 9.17) is 0 Å². The van der Waals surface area contributed by atoms with Gasteiger partial charge in [0, 0.05) is 11.5 Å². The smallest absolute Gasteiger partial charge is 0.346 e. The Morgan fingerprint density at radius 3 is 2.54 bits per heavy atom. The van der Waals surface area contributed by atoms with E-state index in [1.165, 1.54) is 0 Å². The second kappa shape index (κ2) is 8.54. The summed E-state index contributed by atoms with van der Waals surface area (Å²) in [4.78, 5) is 23.6. The molecule has 0 unspecified atom stereocenters. The Labute approximate surface area is 158 Å². The number of amides is 2. The highest BCUT2D eigenvalue weighted by Gasteiger charge is 2.37. The van der Waals surface area contributed by atoms with E-state index >= 15 is 0 Å². The lowest BCUT2D eigenvalue weighted by Gasteiger charge is -2.08. The minimum absolute atomic E-state index is 0.0508. The van der Waals surface area contributed by atoms with Gasteiger partial charge < -0.3 is 15.2 Å². The molecule has 1 aromatic carbocycles. The number of nitrogens with zero attached hydrogens (tertiary/aromatic N) is 3. The summed E-state index contributed by atoms with van der Waals surface area (Å²) in [5, 5.41) is 11.4. The van der Waals surface area contributed by atoms with Gasteiger partial charge in [0.25, 0.3) is 0 Å². The van der Waals surface area contributed by atoms with Crippen molar-refractivity contribution in [2.24, 2.45) is 7.05 Å². The zero-order chi connectivity index (χ0) is 19.3. The van der Waals surface area contributed by atoms with Crippen molar-refractivity contribution < 1.29 is 22.8 Å². The molecule has 1 aromatic heterocycles. The van der Waals surface area contributed by atoms with E-state index in [0.717, 1.165) is 23.4 Å². The molecule has 0 radical (unpaired) electrons. The number of hydrogen-bond acceptors (Lipinski definition) is 5. The Bertz CT molecular complexity index is 812. The van der Waals surface area contributed by atoms with Crippen LogP contribution in [0.2, 0.25) is 0 Å². The quantitative estimate of drug-likeness (QED) is 0.658. The molecule has 0 bridgehead atoms. The van der Waals surface area contributed by atoms with Crippen LogP contribution in [0.25, 0.3) is 0 Å². The summed E-state index contributed by atoms with van der Waals surface area (Å²) in [6, 6.07) is 6.97. The van der Waals surface area contributed by atoms with Crippen molar-refractivity contribution >= 4 is 45.2 Å². The number of anilines is 1. The van der Waals surface area contributed by atoms with Crippen LogP contribution in [0, 0.1) is 0 Å². The van der Waals surface area contributed by atoms with Gasteiger partial charge in [0.2, 0.25) is 17.6 Å². The maximum atomic E-state index is 12.6. The van der Waals surface area contributed by atoms with Crippen LogP contribution in [0.4, 0.5) is 18.9 Å². The maximum Gasteiger partial charge on any atom is 0.451 e. The summed E-state index contributed by atoms with van der Waals surface area (Å²) >= 11 is 4.07. The molecule has 2 N–H and O–H groups in total. The van der Waals surface area contributed by atoms with Crippen LogP contribution in [-0.4, -0.2) is 38.9 Å². The molecule has 0 aliphatic heterocycles. The standard InChI is InChI=1S/C14H13BrF3N5O2S/c1-23-12(14(16,17)18)21-22-13(23)26-7-11(25)19-6-10(24)20-9-5-3-2-4-8(9)15/h2-5H,6-7H2,1H3,(H,19,25)(H,20,24). The van der Waals surface area contributed by atoms with Gasteiger partial charge in [0.05, 0.1) is 18.0 Å². The SMILES string of the molecule is Cn1c(SCC(=O)NCC(=O)Nc2ccccc2Br)nnc1C(F)(F)F. The number of hydrogen-bond donors (Lipinski definition) is 2. The number of nitrogens with one attached hydrogen (secondary N) is 2. The molecule has 1 heterocycles. The molecular formula is C14H13BrF3N5O2S. The number of halogens is 4. The molecule has 0 aliphatic rings. The van der Waals surface area contributed by atoms with Gasteiger partial charge in [-0.3, -0.25) is 9.59 Å². The van der Waals surface area contributed by atoms with Crippen LogP contribution >= 0.6 is 27.7 Å². The van der Waals surface area contributed by atoms with E-state index in [1.54, 1.807) is 24.3 Å². The molecule has 0 fully saturated rings. The summed E-state index contributed by atoms with van der Waals surface area (Å²) in [5.41, 5.74) is 0.555. The molecule has 2 aromatic rings. The van der Waals surface area contributed by atoms with Crippen molar-refractivity contribution in [3.05, 3.63) is 34.6 Å². The fraction of sp³-hybridized carbons (Fsp3) is 0.286. The van der Waals surface area contributed by atoms with Crippen LogP contribution in [0.5, 0.6) is 0 Å². The van der Waals surface area contributed by atoms with Crippen molar-refractivity contribution in [3.8, 4) is 0 Å². The van der Waals surface area contributed by atoms with E-state index < -0.39 is 23.8 Å². The Morgan fingerprint density at radius 1 is 1.23 bits per heavy atom. The van der Waals surface area contributed by atoms with Crippen LogP contribution < -0.4 is 10.6 Å². The van der Waals surface area contributed by atoms with Crippen LogP contribution in [-0.2, 0) is 22.8 Å². The van der Waals surface area contributed by atoms with Crippen LogP contribution in [0.1, 0.15) is 5.82 Å². The molecule has 0 aliphatic carbocycles. The van der Waals surface area contributed by atoms with Gasteiger partial charge in [-0.05, 0) is 28.1 Å². The normalized spacial score (nSPS) is 11.3. The Balaban J connectivity index is 1.80. The first-order valence-corrected chi connectivity index (χ1v) is 8.87. The summed E-state index contributed by atoms with van der Waals surface area (Å²) < 4.78 is 39.3. The lowest BCUT2D eigenvalue weighted by Crippen LogP contribution is -2.34. The second-order valence-electron chi connectivity index (χ2n) is 4.96. The minimum atomic E-state index is -4.62. The van der Waals surface area contributed by atoms with E-state index in [9.17, 15) is 22.8 Å². The molecule has 0 atom stereocenters. The molecule has 26 heavy (non-hydrogen) atoms. The number of aromatic nitrogens is 3. The average Bonchev–Trinajstić information content (AvgIpc) is 2.94. The first-order chi connectivity index (χ1) is 12.2. The van der Waals surface area contributed by atoms with Gasteiger partial charge in [-0.2, -0.15) is 13.2 Å². The van der Waals surface area contributed by atoms with E-state index in [1.807, 2.05) is 0 Å². The summed E-state index contributed by atoms with van der Waals surface area (Å²) in [6.07, 6.45) is -4.62. The highest BCUT2D eigenvalue weighted by molar-refractivity contribution is 9.10. The number of carbonyl (C=O) groups excluding carboxylic acids is 2. The minimum Gasteiger partial charge on any atom is -0.346 e. The largest absolute Gasteiger partial charge is 0.451 e. The number of alkyl halides is 3. The van der Waals surface area contributed by atoms with Crippen molar-refractivity contribution in [3.63, 3.8) is 0 Å². The fourth-order valence-corrected chi connectivity index (χ4v) is 2.93. The summed E-state index contributed by atoms with van der Waals surface area (Å²) in [5.74, 6) is -2.30. The average molecular weight is 452 g/mol. The van der Waals surface area contributed by atoms with Crippen molar-refractivity contribution in [2.45, 2.75) is 11.3 Å². The zero-order valence-corrected chi connectivity index (χ0v) is 15.7. The molecule has 0 saturated carbocycles. The first-order valence-electron chi connectivity index (χ1n) is 7.09. The van der Waals surface area contributed by atoms with E-state index in [-0.39, 0.29) is 17.5 Å². The van der Waals surface area contributed by atoms with E-state index in [0.29, 0.717) is 10.2 Å². The highest BCUT2D eigenvalue weighted by atomic mass is 79.9. The fourth-order valence-electron chi connectivity index (χ4n) is 1.80. The topological polar surface area (TPSA) is 88.9 Å². The van der Waals surface area contributed by atoms with Crippen molar-refractivity contribution in [1.82, 2.24) is 20.1 Å². The zero-order valence-electron chi connectivity index (χ0n) is 13.3. The van der Waals surface area contributed by atoms with Gasteiger partial charge in [-0.1, -0.05) is 23.9 Å². The lowest BCUT2D eigenvalue weighted by atomic mass is 10.3. The van der Waals surface area contributed by atoms with Crippen LogP contribution in [0.3, 0.4) is 0 Å². The molecule has 12 heteroatoms. The molecule has 2 rings (SSSR count). The number of rotatable bonds is 6. The van der Waals surface area contributed by atoms with Gasteiger partial charge in [-0.15, -0.1) is 10.2 Å². The summed E-state index contributed by atoms with van der Waals surface area (Å²) in [7, 11) is 1.16. The Morgan fingerprint density at radius 2 is 1.92 bits per heavy atom. The third-order valence-electron chi connectivity index (χ3n) is 3.01. The summed E-state index contributed by atoms with van der Waals surface area (Å²) in [6.45, 7) is -0.270. The van der Waals surface area contributed by atoms with E-state index in [2.05, 4.69) is 36.8 Å². The Hall–Kier alpha value is -2.08. The molecule has 0 spiro atoms. The second-order valence-corrected chi connectivity index (χ2v) is 6.75. The van der Waals surface area contributed by atoms with Crippen molar-refractivity contribution in [1.29, 1.82) is 0 Å². The first kappa shape index (κ1) is 20.2. The molecule has 7 nitrogen and oxygen atoms in total. The van der Waals surface area contributed by atoms with Gasteiger partial charge in [0.1, 0.15) is 0 Å². The Kier molecular flexibility index (Phi) is 6.64. The molecule has 2 amide bonds. The van der Waals surface area contributed by atoms with Crippen LogP contribution in [0.15, 0.2) is 33.9 Å². The number of carbonyl (C=O) groups is 2. The molecular weight excluding hydrogens is 439 g/mol. The highest BCUT2D eigenvalue weighted by Crippen LogP contribution is 2.29. The number of thioether (sulfide) groups is 1. The molecule has 140 valence electrons. The lowest BCUT2D eigenvalue weighted by molar-refractivity contribution is -0.147. The predicted octanol–water partition coefficient (Wildman–Crippen LogP) is 2.44. The number of para-hydroxylation sites is 1. The third-order valence-corrected chi connectivity index (χ3v) is 4.73. The third kappa shape index (κ3) is 5.46. The van der Waals surface area contributed by atoms with Crippen molar-refractivity contribution in [2.75, 3.05) is 17.6 Å². The van der Waals surface area contributed by atoms with Gasteiger partial charge in [0.15, 0.2) is 5.16 Å². The monoisotopic (exact) mass is 451 g/mol.